The number of likely N-dealkylation sites (tertiary alicyclic amines) is 1. The van der Waals surface area contributed by atoms with Crippen LogP contribution in [0, 0.1) is 5.92 Å². The highest BCUT2D eigenvalue weighted by molar-refractivity contribution is 5.79. The first-order valence-corrected chi connectivity index (χ1v) is 6.72. The predicted molar refractivity (Wildman–Crippen MR) is 61.3 cm³/mol. The van der Waals surface area contributed by atoms with Crippen LogP contribution in [0.25, 0.3) is 0 Å². The van der Waals surface area contributed by atoms with E-state index in [9.17, 15) is 9.90 Å². The van der Waals surface area contributed by atoms with Gasteiger partial charge in [0.25, 0.3) is 0 Å². The molecule has 0 radical (unpaired) electrons. The zero-order valence-corrected chi connectivity index (χ0v) is 9.82. The van der Waals surface area contributed by atoms with Crippen molar-refractivity contribution in [3.05, 3.63) is 0 Å². The SMILES string of the molecule is O=C(O)C1(N2CC3CCC2C3)CCCCC1. The number of fused-ring (bicyclic) bond motifs is 2. The smallest absolute Gasteiger partial charge is 0.324 e. The van der Waals surface area contributed by atoms with Gasteiger partial charge in [-0.2, -0.15) is 0 Å². The minimum absolute atomic E-state index is 0.488. The lowest BCUT2D eigenvalue weighted by molar-refractivity contribution is -0.156. The lowest BCUT2D eigenvalue weighted by atomic mass is 9.79. The molecule has 3 aliphatic rings. The lowest BCUT2D eigenvalue weighted by Gasteiger charge is -2.45. The van der Waals surface area contributed by atoms with E-state index in [4.69, 9.17) is 0 Å². The fourth-order valence-corrected chi connectivity index (χ4v) is 4.21. The van der Waals surface area contributed by atoms with Crippen molar-refractivity contribution in [3.8, 4) is 0 Å². The normalized spacial score (nSPS) is 37.8. The molecule has 2 bridgehead atoms. The number of rotatable bonds is 2. The van der Waals surface area contributed by atoms with Gasteiger partial charge in [-0.1, -0.05) is 19.3 Å². The maximum Gasteiger partial charge on any atom is 0.324 e. The van der Waals surface area contributed by atoms with E-state index in [0.29, 0.717) is 6.04 Å². The molecular weight excluding hydrogens is 202 g/mol. The van der Waals surface area contributed by atoms with Crippen LogP contribution in [0.2, 0.25) is 0 Å². The number of aliphatic carboxylic acids is 1. The van der Waals surface area contributed by atoms with Crippen LogP contribution in [0.3, 0.4) is 0 Å². The highest BCUT2D eigenvalue weighted by atomic mass is 16.4. The molecule has 0 amide bonds. The number of nitrogens with zero attached hydrogens (tertiary/aromatic N) is 1. The van der Waals surface area contributed by atoms with Gasteiger partial charge >= 0.3 is 5.97 Å². The van der Waals surface area contributed by atoms with Crippen LogP contribution in [0.1, 0.15) is 51.4 Å². The first-order chi connectivity index (χ1) is 7.72. The van der Waals surface area contributed by atoms with Crippen LogP contribution in [0.15, 0.2) is 0 Å². The number of carboxylic acids is 1. The quantitative estimate of drug-likeness (QED) is 0.780. The van der Waals surface area contributed by atoms with Crippen molar-refractivity contribution in [2.45, 2.75) is 62.9 Å². The summed E-state index contributed by atoms with van der Waals surface area (Å²) >= 11 is 0. The van der Waals surface area contributed by atoms with Gasteiger partial charge in [-0.25, -0.2) is 0 Å². The van der Waals surface area contributed by atoms with Gasteiger partial charge in [-0.15, -0.1) is 0 Å². The average Bonchev–Trinajstić information content (AvgIpc) is 2.91. The average molecular weight is 223 g/mol. The van der Waals surface area contributed by atoms with Gasteiger partial charge in [0.1, 0.15) is 5.54 Å². The van der Waals surface area contributed by atoms with Crippen molar-refractivity contribution in [2.24, 2.45) is 5.92 Å². The molecule has 0 aromatic rings. The maximum atomic E-state index is 11.7. The fraction of sp³-hybridized carbons (Fsp3) is 0.923. The van der Waals surface area contributed by atoms with Gasteiger partial charge in [-0.3, -0.25) is 9.69 Å². The zero-order chi connectivity index (χ0) is 11.2. The third-order valence-electron chi connectivity index (χ3n) is 5.04. The Balaban J connectivity index is 1.85. The standard InChI is InChI=1S/C13H21NO2/c15-12(16)13(6-2-1-3-7-13)14-9-10-4-5-11(14)8-10/h10-11H,1-9H2,(H,15,16). The topological polar surface area (TPSA) is 40.5 Å². The Labute approximate surface area is 96.8 Å². The Hall–Kier alpha value is -0.570. The molecule has 1 aliphatic heterocycles. The molecule has 0 aromatic heterocycles. The summed E-state index contributed by atoms with van der Waals surface area (Å²) < 4.78 is 0. The first kappa shape index (κ1) is 10.6. The first-order valence-electron chi connectivity index (χ1n) is 6.72. The van der Waals surface area contributed by atoms with Gasteiger partial charge in [0.2, 0.25) is 0 Å². The van der Waals surface area contributed by atoms with Crippen molar-refractivity contribution in [1.29, 1.82) is 0 Å². The van der Waals surface area contributed by atoms with E-state index in [1.807, 2.05) is 0 Å². The Morgan fingerprint density at radius 1 is 1.19 bits per heavy atom. The monoisotopic (exact) mass is 223 g/mol. The van der Waals surface area contributed by atoms with Gasteiger partial charge < -0.3 is 5.11 Å². The summed E-state index contributed by atoms with van der Waals surface area (Å²) in [5.74, 6) is 0.239. The molecule has 2 aliphatic carbocycles. The molecule has 90 valence electrons. The molecule has 1 heterocycles. The molecule has 2 saturated carbocycles. The van der Waals surface area contributed by atoms with Crippen molar-refractivity contribution >= 4 is 5.97 Å². The number of hydrogen-bond donors (Lipinski definition) is 1. The third-order valence-corrected chi connectivity index (χ3v) is 5.04. The molecule has 2 atom stereocenters. The molecular formula is C13H21NO2. The lowest BCUT2D eigenvalue weighted by Crippen LogP contribution is -2.58. The third kappa shape index (κ3) is 1.41. The number of carbonyl (C=O) groups is 1. The van der Waals surface area contributed by atoms with Crippen molar-refractivity contribution in [1.82, 2.24) is 4.90 Å². The van der Waals surface area contributed by atoms with Gasteiger partial charge in [-0.05, 0) is 38.0 Å². The second-order valence-corrected chi connectivity index (χ2v) is 5.88. The summed E-state index contributed by atoms with van der Waals surface area (Å²) in [5.41, 5.74) is -0.488. The minimum Gasteiger partial charge on any atom is -0.480 e. The van der Waals surface area contributed by atoms with E-state index >= 15 is 0 Å². The van der Waals surface area contributed by atoms with E-state index in [1.165, 1.54) is 25.7 Å². The van der Waals surface area contributed by atoms with Crippen LogP contribution < -0.4 is 0 Å². The summed E-state index contributed by atoms with van der Waals surface area (Å²) in [4.78, 5) is 14.1. The van der Waals surface area contributed by atoms with Gasteiger partial charge in [0.15, 0.2) is 0 Å². The number of carboxylic acid groups (broad SMARTS) is 1. The second kappa shape index (κ2) is 3.73. The zero-order valence-electron chi connectivity index (χ0n) is 9.82. The molecule has 3 nitrogen and oxygen atoms in total. The molecule has 3 fully saturated rings. The van der Waals surface area contributed by atoms with E-state index in [0.717, 1.165) is 38.1 Å². The minimum atomic E-state index is -0.556. The number of piperidine rings is 1. The van der Waals surface area contributed by atoms with Crippen LogP contribution >= 0.6 is 0 Å². The molecule has 3 rings (SSSR count). The molecule has 0 spiro atoms. The molecule has 0 aromatic carbocycles. The second-order valence-electron chi connectivity index (χ2n) is 5.88. The summed E-state index contributed by atoms with van der Waals surface area (Å²) in [6.07, 6.45) is 9.00. The highest BCUT2D eigenvalue weighted by Gasteiger charge is 2.52. The maximum absolute atomic E-state index is 11.7. The van der Waals surface area contributed by atoms with Crippen molar-refractivity contribution < 1.29 is 9.90 Å². The highest BCUT2D eigenvalue weighted by Crippen LogP contribution is 2.45. The summed E-state index contributed by atoms with van der Waals surface area (Å²) in [6, 6.07) is 0.583. The number of hydrogen-bond acceptors (Lipinski definition) is 2. The molecule has 1 saturated heterocycles. The summed E-state index contributed by atoms with van der Waals surface area (Å²) in [6.45, 7) is 1.05. The Morgan fingerprint density at radius 3 is 2.44 bits per heavy atom. The van der Waals surface area contributed by atoms with Crippen molar-refractivity contribution in [2.75, 3.05) is 6.54 Å². The van der Waals surface area contributed by atoms with Crippen LogP contribution in [0.5, 0.6) is 0 Å². The Kier molecular flexibility index (Phi) is 2.46. The predicted octanol–water partition coefficient (Wildman–Crippen LogP) is 2.26. The summed E-state index contributed by atoms with van der Waals surface area (Å²) in [5, 5.41) is 9.64. The van der Waals surface area contributed by atoms with Gasteiger partial charge in [0, 0.05) is 12.6 Å². The fourth-order valence-electron chi connectivity index (χ4n) is 4.21. The molecule has 2 unspecified atom stereocenters. The Bertz CT molecular complexity index is 296. The van der Waals surface area contributed by atoms with E-state index in [-0.39, 0.29) is 0 Å². The van der Waals surface area contributed by atoms with Gasteiger partial charge in [0.05, 0.1) is 0 Å². The van der Waals surface area contributed by atoms with E-state index < -0.39 is 11.5 Å². The van der Waals surface area contributed by atoms with Crippen LogP contribution in [-0.4, -0.2) is 34.1 Å². The van der Waals surface area contributed by atoms with E-state index in [2.05, 4.69) is 4.90 Å². The molecule has 1 N–H and O–H groups in total. The van der Waals surface area contributed by atoms with Crippen LogP contribution in [-0.2, 0) is 4.79 Å². The Morgan fingerprint density at radius 2 is 1.94 bits per heavy atom. The van der Waals surface area contributed by atoms with Crippen molar-refractivity contribution in [3.63, 3.8) is 0 Å². The summed E-state index contributed by atoms with van der Waals surface area (Å²) in [7, 11) is 0. The molecule has 3 heteroatoms. The molecule has 16 heavy (non-hydrogen) atoms. The van der Waals surface area contributed by atoms with Crippen LogP contribution in [0.4, 0.5) is 0 Å². The largest absolute Gasteiger partial charge is 0.480 e. The van der Waals surface area contributed by atoms with E-state index in [1.54, 1.807) is 0 Å².